The van der Waals surface area contributed by atoms with Crippen LogP contribution in [0.1, 0.15) is 32.2 Å². The van der Waals surface area contributed by atoms with E-state index in [0.717, 1.165) is 48.5 Å². The molecule has 1 aromatic carbocycles. The summed E-state index contributed by atoms with van der Waals surface area (Å²) in [5, 5.41) is 4.70. The van der Waals surface area contributed by atoms with Crippen molar-refractivity contribution in [2.75, 3.05) is 13.1 Å². The van der Waals surface area contributed by atoms with Gasteiger partial charge in [-0.25, -0.2) is 4.98 Å². The minimum Gasteiger partial charge on any atom is -0.316 e. The van der Waals surface area contributed by atoms with E-state index in [9.17, 15) is 0 Å². The Bertz CT molecular complexity index is 902. The maximum Gasteiger partial charge on any atom is 0.164 e. The SMILES string of the molecule is CCc1nc2c(-c3ccc(Cl)cc3Cl)nccn2c1CCNCC(C)C. The lowest BCUT2D eigenvalue weighted by Gasteiger charge is -2.09. The highest BCUT2D eigenvalue weighted by Gasteiger charge is 2.17. The Morgan fingerprint density at radius 2 is 2.04 bits per heavy atom. The van der Waals surface area contributed by atoms with Crippen LogP contribution in [0.4, 0.5) is 0 Å². The van der Waals surface area contributed by atoms with Gasteiger partial charge >= 0.3 is 0 Å². The smallest absolute Gasteiger partial charge is 0.164 e. The van der Waals surface area contributed by atoms with Crippen molar-refractivity contribution in [3.63, 3.8) is 0 Å². The summed E-state index contributed by atoms with van der Waals surface area (Å²) in [5.74, 6) is 0.644. The Labute approximate surface area is 164 Å². The van der Waals surface area contributed by atoms with Gasteiger partial charge in [0.15, 0.2) is 5.65 Å². The first-order valence-corrected chi connectivity index (χ1v) is 9.77. The van der Waals surface area contributed by atoms with Gasteiger partial charge in [0, 0.05) is 41.6 Å². The lowest BCUT2D eigenvalue weighted by Crippen LogP contribution is -2.22. The molecule has 1 N–H and O–H groups in total. The van der Waals surface area contributed by atoms with Crippen LogP contribution >= 0.6 is 23.2 Å². The monoisotopic (exact) mass is 390 g/mol. The van der Waals surface area contributed by atoms with E-state index in [1.807, 2.05) is 18.3 Å². The zero-order valence-corrected chi connectivity index (χ0v) is 16.9. The minimum absolute atomic E-state index is 0.583. The molecule has 3 aromatic rings. The first kappa shape index (κ1) is 19.2. The fraction of sp³-hybridized carbons (Fsp3) is 0.400. The Balaban J connectivity index is 2.00. The molecule has 0 fully saturated rings. The van der Waals surface area contributed by atoms with Crippen molar-refractivity contribution in [3.05, 3.63) is 52.0 Å². The number of halogens is 2. The molecule has 0 atom stereocenters. The van der Waals surface area contributed by atoms with Crippen LogP contribution in [-0.4, -0.2) is 27.5 Å². The largest absolute Gasteiger partial charge is 0.316 e. The Kier molecular flexibility index (Phi) is 6.17. The average Bonchev–Trinajstić information content (AvgIpc) is 2.96. The van der Waals surface area contributed by atoms with Crippen molar-refractivity contribution in [1.29, 1.82) is 0 Å². The lowest BCUT2D eigenvalue weighted by molar-refractivity contribution is 0.551. The van der Waals surface area contributed by atoms with Crippen LogP contribution in [0.5, 0.6) is 0 Å². The number of rotatable bonds is 7. The van der Waals surface area contributed by atoms with Crippen LogP contribution in [0.15, 0.2) is 30.6 Å². The first-order chi connectivity index (χ1) is 12.5. The summed E-state index contributed by atoms with van der Waals surface area (Å²) in [6.45, 7) is 8.51. The lowest BCUT2D eigenvalue weighted by atomic mass is 10.1. The van der Waals surface area contributed by atoms with Crippen LogP contribution in [0.25, 0.3) is 16.9 Å². The van der Waals surface area contributed by atoms with Crippen molar-refractivity contribution in [2.24, 2.45) is 5.92 Å². The van der Waals surface area contributed by atoms with Gasteiger partial charge in [0.25, 0.3) is 0 Å². The number of imidazole rings is 1. The molecule has 0 saturated carbocycles. The maximum absolute atomic E-state index is 6.41. The van der Waals surface area contributed by atoms with Gasteiger partial charge in [-0.05, 0) is 37.1 Å². The van der Waals surface area contributed by atoms with Crippen LogP contribution in [0.3, 0.4) is 0 Å². The second-order valence-corrected chi connectivity index (χ2v) is 7.64. The second-order valence-electron chi connectivity index (χ2n) is 6.80. The highest BCUT2D eigenvalue weighted by atomic mass is 35.5. The quantitative estimate of drug-likeness (QED) is 0.573. The van der Waals surface area contributed by atoms with E-state index in [2.05, 4.69) is 35.5 Å². The summed E-state index contributed by atoms with van der Waals surface area (Å²) in [6.07, 6.45) is 5.59. The van der Waals surface area contributed by atoms with Crippen molar-refractivity contribution in [2.45, 2.75) is 33.6 Å². The number of hydrogen-bond acceptors (Lipinski definition) is 3. The summed E-state index contributed by atoms with van der Waals surface area (Å²) < 4.78 is 2.14. The van der Waals surface area contributed by atoms with Crippen LogP contribution in [0.2, 0.25) is 10.0 Å². The van der Waals surface area contributed by atoms with Crippen molar-refractivity contribution in [3.8, 4) is 11.3 Å². The average molecular weight is 391 g/mol. The van der Waals surface area contributed by atoms with E-state index >= 15 is 0 Å². The van der Waals surface area contributed by atoms with Gasteiger partial charge in [-0.2, -0.15) is 0 Å². The van der Waals surface area contributed by atoms with Crippen molar-refractivity contribution in [1.82, 2.24) is 19.7 Å². The number of nitrogens with one attached hydrogen (secondary N) is 1. The predicted octanol–water partition coefficient (Wildman–Crippen LogP) is 5.05. The van der Waals surface area contributed by atoms with E-state index in [-0.39, 0.29) is 0 Å². The Hall–Kier alpha value is -1.62. The standard InChI is InChI=1S/C20H24Cl2N4/c1-4-17-18(7-8-23-12-13(2)3)26-10-9-24-19(20(26)25-17)15-6-5-14(21)11-16(15)22/h5-6,9-11,13,23H,4,7-8,12H2,1-3H3. The molecule has 26 heavy (non-hydrogen) atoms. The molecular weight excluding hydrogens is 367 g/mol. The first-order valence-electron chi connectivity index (χ1n) is 9.02. The summed E-state index contributed by atoms with van der Waals surface area (Å²) >= 11 is 12.4. The van der Waals surface area contributed by atoms with Gasteiger partial charge in [0.2, 0.25) is 0 Å². The van der Waals surface area contributed by atoms with Gasteiger partial charge in [-0.1, -0.05) is 44.0 Å². The maximum atomic E-state index is 6.41. The van der Waals surface area contributed by atoms with E-state index < -0.39 is 0 Å². The van der Waals surface area contributed by atoms with E-state index in [1.165, 1.54) is 5.69 Å². The molecule has 0 spiro atoms. The molecule has 0 saturated heterocycles. The second kappa shape index (κ2) is 8.38. The zero-order chi connectivity index (χ0) is 18.7. The molecule has 138 valence electrons. The molecular formula is C20H24Cl2N4. The Morgan fingerprint density at radius 1 is 1.23 bits per heavy atom. The third-order valence-corrected chi connectivity index (χ3v) is 4.88. The van der Waals surface area contributed by atoms with Gasteiger partial charge in [0.1, 0.15) is 5.69 Å². The minimum atomic E-state index is 0.583. The number of nitrogens with zero attached hydrogens (tertiary/aromatic N) is 3. The van der Waals surface area contributed by atoms with Gasteiger partial charge in [0.05, 0.1) is 10.7 Å². The van der Waals surface area contributed by atoms with Crippen molar-refractivity contribution < 1.29 is 0 Å². The summed E-state index contributed by atoms with van der Waals surface area (Å²) in [6, 6.07) is 5.47. The summed E-state index contributed by atoms with van der Waals surface area (Å²) in [5.41, 5.74) is 4.81. The molecule has 0 amide bonds. The Morgan fingerprint density at radius 3 is 2.73 bits per heavy atom. The summed E-state index contributed by atoms with van der Waals surface area (Å²) in [4.78, 5) is 9.42. The van der Waals surface area contributed by atoms with Gasteiger partial charge in [-0.15, -0.1) is 0 Å². The number of hydrogen-bond donors (Lipinski definition) is 1. The number of aryl methyl sites for hydroxylation is 1. The molecule has 0 unspecified atom stereocenters. The molecule has 4 nitrogen and oxygen atoms in total. The zero-order valence-electron chi connectivity index (χ0n) is 15.4. The fourth-order valence-corrected chi connectivity index (χ4v) is 3.59. The molecule has 3 rings (SSSR count). The highest BCUT2D eigenvalue weighted by Crippen LogP contribution is 2.32. The van der Waals surface area contributed by atoms with Gasteiger partial charge < -0.3 is 9.72 Å². The third kappa shape index (κ3) is 4.03. The predicted molar refractivity (Wildman–Crippen MR) is 109 cm³/mol. The fourth-order valence-electron chi connectivity index (χ4n) is 3.09. The number of aromatic nitrogens is 3. The van der Waals surface area contributed by atoms with Crippen molar-refractivity contribution >= 4 is 28.8 Å². The summed E-state index contributed by atoms with van der Waals surface area (Å²) in [7, 11) is 0. The topological polar surface area (TPSA) is 42.2 Å². The molecule has 6 heteroatoms. The van der Waals surface area contributed by atoms with E-state index in [4.69, 9.17) is 28.2 Å². The van der Waals surface area contributed by atoms with Crippen LogP contribution < -0.4 is 5.32 Å². The molecule has 0 bridgehead atoms. The molecule has 0 radical (unpaired) electrons. The van der Waals surface area contributed by atoms with Crippen LogP contribution in [-0.2, 0) is 12.8 Å². The van der Waals surface area contributed by atoms with Crippen LogP contribution in [0, 0.1) is 5.92 Å². The normalized spacial score (nSPS) is 11.6. The number of benzene rings is 1. The van der Waals surface area contributed by atoms with E-state index in [0.29, 0.717) is 16.0 Å². The molecule has 0 aliphatic heterocycles. The molecule has 0 aliphatic rings. The third-order valence-electron chi connectivity index (χ3n) is 4.34. The highest BCUT2D eigenvalue weighted by molar-refractivity contribution is 6.36. The molecule has 0 aliphatic carbocycles. The van der Waals surface area contributed by atoms with Gasteiger partial charge in [-0.3, -0.25) is 4.98 Å². The molecule has 2 aromatic heterocycles. The molecule has 2 heterocycles. The van der Waals surface area contributed by atoms with E-state index in [1.54, 1.807) is 12.3 Å². The number of fused-ring (bicyclic) bond motifs is 1.